The van der Waals surface area contributed by atoms with E-state index in [9.17, 15) is 8.42 Å². The number of tetrazole rings is 1. The average molecular weight is 361 g/mol. The Kier molecular flexibility index (Phi) is 4.52. The molecule has 0 radical (unpaired) electrons. The Labute approximate surface area is 144 Å². The summed E-state index contributed by atoms with van der Waals surface area (Å²) in [7, 11) is -0.844. The molecule has 0 aliphatic rings. The molecule has 0 unspecified atom stereocenters. The van der Waals surface area contributed by atoms with E-state index in [-0.39, 0.29) is 4.90 Å². The summed E-state index contributed by atoms with van der Waals surface area (Å²) in [6, 6.07) is 11.0. The van der Waals surface area contributed by atoms with Crippen molar-refractivity contribution in [3.63, 3.8) is 0 Å². The third kappa shape index (κ3) is 3.53. The molecule has 3 aromatic rings. The molecule has 1 aromatic heterocycles. The summed E-state index contributed by atoms with van der Waals surface area (Å²) in [5.41, 5.74) is 1.12. The van der Waals surface area contributed by atoms with Crippen molar-refractivity contribution < 1.29 is 17.9 Å². The number of benzene rings is 2. The van der Waals surface area contributed by atoms with Gasteiger partial charge in [-0.2, -0.15) is 0 Å². The molecule has 1 heterocycles. The fourth-order valence-electron chi connectivity index (χ4n) is 2.16. The maximum atomic E-state index is 12.5. The Morgan fingerprint density at radius 3 is 2.32 bits per heavy atom. The lowest BCUT2D eigenvalue weighted by Gasteiger charge is -2.12. The molecule has 0 aliphatic carbocycles. The zero-order valence-corrected chi connectivity index (χ0v) is 14.3. The molecular formula is C15H15N5O4S. The minimum absolute atomic E-state index is 0.0645. The zero-order chi connectivity index (χ0) is 17.9. The van der Waals surface area contributed by atoms with E-state index in [2.05, 4.69) is 20.2 Å². The third-order valence-electron chi connectivity index (χ3n) is 3.40. The first-order valence-electron chi connectivity index (χ1n) is 7.12. The molecule has 2 aromatic carbocycles. The van der Waals surface area contributed by atoms with Crippen molar-refractivity contribution in [3.8, 4) is 17.2 Å². The third-order valence-corrected chi connectivity index (χ3v) is 4.78. The molecule has 10 heteroatoms. The highest BCUT2D eigenvalue weighted by atomic mass is 32.2. The zero-order valence-electron chi connectivity index (χ0n) is 13.4. The topological polar surface area (TPSA) is 108 Å². The van der Waals surface area contributed by atoms with Crippen LogP contribution in [0.1, 0.15) is 0 Å². The normalized spacial score (nSPS) is 11.1. The van der Waals surface area contributed by atoms with Crippen LogP contribution in [0.2, 0.25) is 0 Å². The van der Waals surface area contributed by atoms with E-state index in [4.69, 9.17) is 9.47 Å². The number of nitrogens with one attached hydrogen (secondary N) is 1. The molecule has 25 heavy (non-hydrogen) atoms. The Hall–Kier alpha value is -3.14. The number of sulfonamides is 1. The van der Waals surface area contributed by atoms with Crippen LogP contribution in [0.5, 0.6) is 11.5 Å². The number of hydrogen-bond donors (Lipinski definition) is 1. The van der Waals surface area contributed by atoms with Crippen LogP contribution in [0, 0.1) is 0 Å². The summed E-state index contributed by atoms with van der Waals surface area (Å²) in [4.78, 5) is 0.0645. The number of nitrogens with zero attached hydrogens (tertiary/aromatic N) is 4. The summed E-state index contributed by atoms with van der Waals surface area (Å²) in [5, 5.41) is 10.9. The standard InChI is InChI=1S/C15H15N5O4S/c1-23-14-8-7-13(9-15(14)24-2)25(21,22)17-11-3-5-12(6-4-11)20-10-16-18-19-20/h3-10,17H,1-2H3. The minimum Gasteiger partial charge on any atom is -0.493 e. The lowest BCUT2D eigenvalue weighted by Crippen LogP contribution is -2.13. The Morgan fingerprint density at radius 1 is 1.00 bits per heavy atom. The molecule has 0 amide bonds. The van der Waals surface area contributed by atoms with Crippen molar-refractivity contribution in [1.82, 2.24) is 20.2 Å². The minimum atomic E-state index is -3.77. The fraction of sp³-hybridized carbons (Fsp3) is 0.133. The molecule has 3 rings (SSSR count). The van der Waals surface area contributed by atoms with E-state index < -0.39 is 10.0 Å². The number of aromatic nitrogens is 4. The smallest absolute Gasteiger partial charge is 0.262 e. The SMILES string of the molecule is COc1ccc(S(=O)(=O)Nc2ccc(-n3cnnn3)cc2)cc1OC. The van der Waals surface area contributed by atoms with Crippen molar-refractivity contribution in [1.29, 1.82) is 0 Å². The highest BCUT2D eigenvalue weighted by Crippen LogP contribution is 2.30. The van der Waals surface area contributed by atoms with Crippen LogP contribution in [-0.4, -0.2) is 42.8 Å². The van der Waals surface area contributed by atoms with Gasteiger partial charge in [-0.05, 0) is 46.8 Å². The lowest BCUT2D eigenvalue weighted by atomic mass is 10.3. The average Bonchev–Trinajstić information content (AvgIpc) is 3.16. The van der Waals surface area contributed by atoms with E-state index >= 15 is 0 Å². The van der Waals surface area contributed by atoms with Crippen LogP contribution in [0.25, 0.3) is 5.69 Å². The fourth-order valence-corrected chi connectivity index (χ4v) is 3.23. The monoisotopic (exact) mass is 361 g/mol. The van der Waals surface area contributed by atoms with Crippen LogP contribution in [0.3, 0.4) is 0 Å². The molecular weight excluding hydrogens is 346 g/mol. The van der Waals surface area contributed by atoms with Crippen LogP contribution in [0.4, 0.5) is 5.69 Å². The first kappa shape index (κ1) is 16.7. The molecule has 9 nitrogen and oxygen atoms in total. The van der Waals surface area contributed by atoms with Gasteiger partial charge in [-0.25, -0.2) is 13.1 Å². The predicted molar refractivity (Wildman–Crippen MR) is 89.5 cm³/mol. The molecule has 0 spiro atoms. The summed E-state index contributed by atoms with van der Waals surface area (Å²) in [5.74, 6) is 0.784. The highest BCUT2D eigenvalue weighted by Gasteiger charge is 2.17. The number of methoxy groups -OCH3 is 2. The number of ether oxygens (including phenoxy) is 2. The maximum absolute atomic E-state index is 12.5. The van der Waals surface area contributed by atoms with Crippen LogP contribution >= 0.6 is 0 Å². The second-order valence-electron chi connectivity index (χ2n) is 4.92. The second kappa shape index (κ2) is 6.77. The van der Waals surface area contributed by atoms with Gasteiger partial charge in [-0.3, -0.25) is 4.72 Å². The van der Waals surface area contributed by atoms with Crippen molar-refractivity contribution in [3.05, 3.63) is 48.8 Å². The van der Waals surface area contributed by atoms with Crippen molar-refractivity contribution in [2.75, 3.05) is 18.9 Å². The van der Waals surface area contributed by atoms with Crippen molar-refractivity contribution in [2.45, 2.75) is 4.90 Å². The van der Waals surface area contributed by atoms with Gasteiger partial charge in [-0.15, -0.1) is 5.10 Å². The Balaban J connectivity index is 1.84. The van der Waals surface area contributed by atoms with Gasteiger partial charge in [0.1, 0.15) is 6.33 Å². The van der Waals surface area contributed by atoms with E-state index in [0.29, 0.717) is 22.9 Å². The van der Waals surface area contributed by atoms with Gasteiger partial charge in [-0.1, -0.05) is 0 Å². The van der Waals surface area contributed by atoms with Gasteiger partial charge < -0.3 is 9.47 Å². The summed E-state index contributed by atoms with van der Waals surface area (Å²) < 4.78 is 39.3. The molecule has 0 bridgehead atoms. The first-order valence-corrected chi connectivity index (χ1v) is 8.60. The lowest BCUT2D eigenvalue weighted by molar-refractivity contribution is 0.354. The highest BCUT2D eigenvalue weighted by molar-refractivity contribution is 7.92. The van der Waals surface area contributed by atoms with E-state index in [1.54, 1.807) is 24.3 Å². The van der Waals surface area contributed by atoms with Crippen molar-refractivity contribution >= 4 is 15.7 Å². The summed E-state index contributed by atoms with van der Waals surface area (Å²) >= 11 is 0. The summed E-state index contributed by atoms with van der Waals surface area (Å²) in [6.45, 7) is 0. The molecule has 1 N–H and O–H groups in total. The second-order valence-corrected chi connectivity index (χ2v) is 6.61. The van der Waals surface area contributed by atoms with Gasteiger partial charge in [0.2, 0.25) is 0 Å². The Morgan fingerprint density at radius 2 is 1.72 bits per heavy atom. The van der Waals surface area contributed by atoms with Crippen LogP contribution in [-0.2, 0) is 10.0 Å². The van der Waals surface area contributed by atoms with Gasteiger partial charge in [0.05, 0.1) is 24.8 Å². The number of rotatable bonds is 6. The van der Waals surface area contributed by atoms with Crippen LogP contribution in [0.15, 0.2) is 53.7 Å². The first-order chi connectivity index (χ1) is 12.0. The largest absolute Gasteiger partial charge is 0.493 e. The number of hydrogen-bond acceptors (Lipinski definition) is 7. The molecule has 0 atom stereocenters. The molecule has 0 aliphatic heterocycles. The Bertz CT molecular complexity index is 956. The van der Waals surface area contributed by atoms with Gasteiger partial charge in [0.25, 0.3) is 10.0 Å². The predicted octanol–water partition coefficient (Wildman–Crippen LogP) is 1.48. The van der Waals surface area contributed by atoms with Crippen molar-refractivity contribution in [2.24, 2.45) is 0 Å². The van der Waals surface area contributed by atoms with Gasteiger partial charge in [0, 0.05) is 11.8 Å². The van der Waals surface area contributed by atoms with Gasteiger partial charge in [0.15, 0.2) is 11.5 Å². The summed E-state index contributed by atoms with van der Waals surface area (Å²) in [6.07, 6.45) is 1.45. The van der Waals surface area contributed by atoms with E-state index in [1.165, 1.54) is 43.4 Å². The quantitative estimate of drug-likeness (QED) is 0.708. The van der Waals surface area contributed by atoms with Gasteiger partial charge >= 0.3 is 0 Å². The van der Waals surface area contributed by atoms with Crippen LogP contribution < -0.4 is 14.2 Å². The molecule has 0 saturated carbocycles. The van der Waals surface area contributed by atoms with E-state index in [0.717, 1.165) is 0 Å². The molecule has 0 saturated heterocycles. The number of anilines is 1. The van der Waals surface area contributed by atoms with E-state index in [1.807, 2.05) is 0 Å². The molecule has 0 fully saturated rings. The maximum Gasteiger partial charge on any atom is 0.262 e. The molecule has 130 valence electrons.